The minimum absolute atomic E-state index is 0.0475. The Bertz CT molecular complexity index is 817. The van der Waals surface area contributed by atoms with Gasteiger partial charge >= 0.3 is 5.97 Å². The maximum Gasteiger partial charge on any atom is 0.303 e. The van der Waals surface area contributed by atoms with E-state index in [0.717, 1.165) is 15.3 Å². The van der Waals surface area contributed by atoms with Crippen LogP contribution in [0.5, 0.6) is 0 Å². The van der Waals surface area contributed by atoms with Gasteiger partial charge in [0.05, 0.1) is 10.4 Å². The summed E-state index contributed by atoms with van der Waals surface area (Å²) in [4.78, 5) is 29.5. The first-order valence-electron chi connectivity index (χ1n) is 6.42. The molecule has 21 heavy (non-hydrogen) atoms. The number of hydrogen-bond acceptors (Lipinski definition) is 5. The quantitative estimate of drug-likeness (QED) is 0.756. The second-order valence-corrected chi connectivity index (χ2v) is 6.68. The highest BCUT2D eigenvalue weighted by Gasteiger charge is 2.16. The van der Waals surface area contributed by atoms with Gasteiger partial charge in [0, 0.05) is 24.0 Å². The average molecular weight is 323 g/mol. The Morgan fingerprint density at radius 1 is 1.52 bits per heavy atom. The van der Waals surface area contributed by atoms with Gasteiger partial charge in [-0.1, -0.05) is 0 Å². The van der Waals surface area contributed by atoms with Crippen LogP contribution in [0.15, 0.2) is 17.6 Å². The lowest BCUT2D eigenvalue weighted by Crippen LogP contribution is -2.32. The molecule has 0 saturated heterocycles. The Morgan fingerprint density at radius 3 is 3.10 bits per heavy atom. The van der Waals surface area contributed by atoms with E-state index >= 15 is 0 Å². The molecule has 6 nitrogen and oxygen atoms in total. The molecule has 110 valence electrons. The summed E-state index contributed by atoms with van der Waals surface area (Å²) in [6.07, 6.45) is 2.39. The summed E-state index contributed by atoms with van der Waals surface area (Å²) < 4.78 is 1.96. The number of carbonyl (C=O) groups is 2. The number of amides is 1. The largest absolute Gasteiger partial charge is 0.481 e. The van der Waals surface area contributed by atoms with Crippen LogP contribution in [0.3, 0.4) is 0 Å². The predicted octanol–water partition coefficient (Wildman–Crippen LogP) is 2.59. The van der Waals surface area contributed by atoms with Crippen molar-refractivity contribution in [1.82, 2.24) is 14.7 Å². The van der Waals surface area contributed by atoms with Crippen molar-refractivity contribution in [3.8, 4) is 0 Å². The Labute approximate surface area is 128 Å². The third-order valence-electron chi connectivity index (χ3n) is 3.13. The first kappa shape index (κ1) is 14.0. The number of nitrogens with zero attached hydrogens (tertiary/aromatic N) is 2. The summed E-state index contributed by atoms with van der Waals surface area (Å²) in [7, 11) is 0. The van der Waals surface area contributed by atoms with E-state index in [0.29, 0.717) is 11.3 Å². The van der Waals surface area contributed by atoms with Crippen LogP contribution in [0.25, 0.3) is 15.3 Å². The highest BCUT2D eigenvalue weighted by Crippen LogP contribution is 2.28. The Balaban J connectivity index is 1.74. The van der Waals surface area contributed by atoms with Crippen molar-refractivity contribution >= 4 is 49.9 Å². The Kier molecular flexibility index (Phi) is 3.64. The molecule has 1 unspecified atom stereocenters. The van der Waals surface area contributed by atoms with Crippen molar-refractivity contribution in [2.24, 2.45) is 0 Å². The first-order valence-corrected chi connectivity index (χ1v) is 8.12. The molecule has 3 rings (SSSR count). The summed E-state index contributed by atoms with van der Waals surface area (Å²) >= 11 is 2.90. The van der Waals surface area contributed by atoms with Crippen LogP contribution in [0.1, 0.15) is 29.4 Å². The van der Waals surface area contributed by atoms with E-state index in [-0.39, 0.29) is 18.4 Å². The second kappa shape index (κ2) is 5.45. The maximum atomic E-state index is 12.2. The van der Waals surface area contributed by atoms with E-state index in [2.05, 4.69) is 10.3 Å². The van der Waals surface area contributed by atoms with Crippen molar-refractivity contribution in [3.63, 3.8) is 0 Å². The zero-order chi connectivity index (χ0) is 15.0. The van der Waals surface area contributed by atoms with E-state index in [1.165, 1.54) is 11.3 Å². The molecule has 0 aliphatic heterocycles. The number of aliphatic carboxylic acids is 1. The maximum absolute atomic E-state index is 12.2. The predicted molar refractivity (Wildman–Crippen MR) is 82.3 cm³/mol. The van der Waals surface area contributed by atoms with E-state index in [1.54, 1.807) is 18.3 Å². The van der Waals surface area contributed by atoms with Gasteiger partial charge in [0.2, 0.25) is 0 Å². The molecular formula is C13H13N3O3S2. The molecule has 0 aliphatic rings. The molecule has 1 atom stereocenters. The van der Waals surface area contributed by atoms with Crippen molar-refractivity contribution in [3.05, 3.63) is 22.5 Å². The Hall–Kier alpha value is -1.93. The van der Waals surface area contributed by atoms with Crippen LogP contribution in [0.4, 0.5) is 0 Å². The van der Waals surface area contributed by atoms with Gasteiger partial charge in [0.15, 0.2) is 4.96 Å². The van der Waals surface area contributed by atoms with Crippen molar-refractivity contribution in [1.29, 1.82) is 0 Å². The summed E-state index contributed by atoms with van der Waals surface area (Å²) in [5.41, 5.74) is 0.930. The highest BCUT2D eigenvalue weighted by atomic mass is 32.1. The summed E-state index contributed by atoms with van der Waals surface area (Å²) in [5, 5.41) is 13.4. The number of imidazole rings is 1. The highest BCUT2D eigenvalue weighted by molar-refractivity contribution is 7.21. The number of carbonyl (C=O) groups excluding carboxylic acids is 1. The zero-order valence-electron chi connectivity index (χ0n) is 11.2. The number of nitrogens with one attached hydrogen (secondary N) is 1. The van der Waals surface area contributed by atoms with Crippen LogP contribution in [0, 0.1) is 0 Å². The lowest BCUT2D eigenvalue weighted by atomic mass is 10.2. The average Bonchev–Trinajstić information content (AvgIpc) is 3.06. The SMILES string of the molecule is CC(CCC(=O)O)NC(=O)c1cc2c(nc3sccn32)s1. The molecule has 0 bridgehead atoms. The number of hydrogen-bond donors (Lipinski definition) is 2. The molecule has 0 aromatic carbocycles. The number of fused-ring (bicyclic) bond motifs is 3. The van der Waals surface area contributed by atoms with E-state index in [1.807, 2.05) is 22.0 Å². The molecule has 8 heteroatoms. The van der Waals surface area contributed by atoms with Crippen molar-refractivity contribution in [2.75, 3.05) is 0 Å². The minimum atomic E-state index is -0.855. The van der Waals surface area contributed by atoms with Gasteiger partial charge in [-0.05, 0) is 19.4 Å². The third kappa shape index (κ3) is 2.77. The lowest BCUT2D eigenvalue weighted by molar-refractivity contribution is -0.137. The monoisotopic (exact) mass is 323 g/mol. The van der Waals surface area contributed by atoms with Gasteiger partial charge in [-0.25, -0.2) is 4.98 Å². The van der Waals surface area contributed by atoms with Crippen LogP contribution in [0.2, 0.25) is 0 Å². The number of thiophene rings is 1. The van der Waals surface area contributed by atoms with Crippen LogP contribution in [-0.4, -0.2) is 32.4 Å². The third-order valence-corrected chi connectivity index (χ3v) is 4.91. The fourth-order valence-electron chi connectivity index (χ4n) is 2.07. The van der Waals surface area contributed by atoms with Crippen molar-refractivity contribution < 1.29 is 14.7 Å². The van der Waals surface area contributed by atoms with Crippen LogP contribution in [-0.2, 0) is 4.79 Å². The fourth-order valence-corrected chi connectivity index (χ4v) is 3.77. The first-order chi connectivity index (χ1) is 10.0. The minimum Gasteiger partial charge on any atom is -0.481 e. The van der Waals surface area contributed by atoms with Gasteiger partial charge in [0.25, 0.3) is 5.91 Å². The van der Waals surface area contributed by atoms with Crippen LogP contribution >= 0.6 is 22.7 Å². The number of carboxylic acids is 1. The molecule has 3 aromatic heterocycles. The summed E-state index contributed by atoms with van der Waals surface area (Å²) in [5.74, 6) is -1.04. The molecule has 0 radical (unpaired) electrons. The van der Waals surface area contributed by atoms with Gasteiger partial charge in [-0.2, -0.15) is 0 Å². The lowest BCUT2D eigenvalue weighted by Gasteiger charge is -2.11. The molecule has 3 aromatic rings. The van der Waals surface area contributed by atoms with Crippen LogP contribution < -0.4 is 5.32 Å². The summed E-state index contributed by atoms with van der Waals surface area (Å²) in [6.45, 7) is 1.80. The Morgan fingerprint density at radius 2 is 2.33 bits per heavy atom. The standard InChI is InChI=1S/C13H13N3O3S2/c1-7(2-3-10(17)18)14-11(19)9-6-8-12(21-9)15-13-16(8)4-5-20-13/h4-7H,2-3H2,1H3,(H,14,19)(H,17,18). The zero-order valence-corrected chi connectivity index (χ0v) is 12.8. The second-order valence-electron chi connectivity index (χ2n) is 4.78. The van der Waals surface area contributed by atoms with E-state index < -0.39 is 5.97 Å². The van der Waals surface area contributed by atoms with E-state index in [9.17, 15) is 9.59 Å². The van der Waals surface area contributed by atoms with Crippen molar-refractivity contribution in [2.45, 2.75) is 25.8 Å². The molecule has 0 aliphatic carbocycles. The van der Waals surface area contributed by atoms with Gasteiger partial charge < -0.3 is 10.4 Å². The molecule has 3 heterocycles. The smallest absolute Gasteiger partial charge is 0.303 e. The molecule has 2 N–H and O–H groups in total. The molecule has 0 fully saturated rings. The summed E-state index contributed by atoms with van der Waals surface area (Å²) in [6, 6.07) is 1.65. The number of rotatable bonds is 5. The van der Waals surface area contributed by atoms with Gasteiger partial charge in [0.1, 0.15) is 4.83 Å². The molecular weight excluding hydrogens is 310 g/mol. The topological polar surface area (TPSA) is 83.7 Å². The molecule has 0 saturated carbocycles. The normalized spacial score (nSPS) is 12.8. The number of aromatic nitrogens is 2. The fraction of sp³-hybridized carbons (Fsp3) is 0.308. The molecule has 0 spiro atoms. The van der Waals surface area contributed by atoms with Gasteiger partial charge in [-0.15, -0.1) is 22.7 Å². The van der Waals surface area contributed by atoms with Gasteiger partial charge in [-0.3, -0.25) is 14.0 Å². The number of thiazole rings is 1. The van der Waals surface area contributed by atoms with E-state index in [4.69, 9.17) is 5.11 Å². The molecule has 1 amide bonds. The number of carboxylic acid groups (broad SMARTS) is 1.